The molecular formula is C11H12ClNO2. The number of ether oxygens (including phenoxy) is 1. The summed E-state index contributed by atoms with van der Waals surface area (Å²) in [6.45, 7) is 0. The number of carbonyl (C=O) groups is 1. The number of rotatable bonds is 3. The molecule has 80 valence electrons. The van der Waals surface area contributed by atoms with Crippen LogP contribution in [0.15, 0.2) is 24.3 Å². The zero-order valence-corrected chi connectivity index (χ0v) is 9.12. The second-order valence-electron chi connectivity index (χ2n) is 2.89. The number of halogens is 1. The van der Waals surface area contributed by atoms with E-state index in [9.17, 15) is 4.79 Å². The van der Waals surface area contributed by atoms with Crippen molar-refractivity contribution in [2.45, 2.75) is 0 Å². The molecule has 1 rings (SSSR count). The van der Waals surface area contributed by atoms with Crippen LogP contribution in [0.3, 0.4) is 0 Å². The molecule has 0 saturated carbocycles. The van der Waals surface area contributed by atoms with Gasteiger partial charge in [0, 0.05) is 11.6 Å². The summed E-state index contributed by atoms with van der Waals surface area (Å²) in [6.07, 6.45) is 3.59. The van der Waals surface area contributed by atoms with E-state index < -0.39 is 5.97 Å². The first kappa shape index (κ1) is 11.6. The molecule has 0 aromatic heterocycles. The van der Waals surface area contributed by atoms with Gasteiger partial charge >= 0.3 is 5.97 Å². The van der Waals surface area contributed by atoms with Gasteiger partial charge in [0.05, 0.1) is 12.7 Å². The second kappa shape index (κ2) is 5.41. The van der Waals surface area contributed by atoms with Gasteiger partial charge in [0.25, 0.3) is 0 Å². The van der Waals surface area contributed by atoms with Gasteiger partial charge in [0.1, 0.15) is 0 Å². The summed E-state index contributed by atoms with van der Waals surface area (Å²) in [4.78, 5) is 11.2. The lowest BCUT2D eigenvalue weighted by molar-refractivity contribution is 0.0601. The fourth-order valence-corrected chi connectivity index (χ4v) is 1.23. The number of carbonyl (C=O) groups excluding carboxylic acids is 1. The minimum absolute atomic E-state index is 0.394. The van der Waals surface area contributed by atoms with Crippen LogP contribution in [0.25, 0.3) is 6.08 Å². The Morgan fingerprint density at radius 2 is 2.33 bits per heavy atom. The number of hydrogen-bond donors (Lipinski definition) is 1. The molecule has 0 atom stereocenters. The van der Waals surface area contributed by atoms with Gasteiger partial charge in [-0.25, -0.2) is 4.79 Å². The van der Waals surface area contributed by atoms with Gasteiger partial charge in [0.15, 0.2) is 0 Å². The highest BCUT2D eigenvalue weighted by Crippen LogP contribution is 2.16. The third-order valence-corrected chi connectivity index (χ3v) is 2.07. The van der Waals surface area contributed by atoms with E-state index in [4.69, 9.17) is 17.3 Å². The lowest BCUT2D eigenvalue weighted by Crippen LogP contribution is -2.02. The number of hydrogen-bond acceptors (Lipinski definition) is 3. The molecule has 1 aromatic carbocycles. The molecule has 0 saturated heterocycles. The predicted octanol–water partition coefficient (Wildman–Crippen LogP) is 2.31. The molecule has 4 heteroatoms. The predicted molar refractivity (Wildman–Crippen MR) is 61.9 cm³/mol. The summed E-state index contributed by atoms with van der Waals surface area (Å²) in [5.41, 5.74) is 7.56. The lowest BCUT2D eigenvalue weighted by atomic mass is 10.1. The number of methoxy groups -OCH3 is 1. The van der Waals surface area contributed by atoms with Crippen LogP contribution in [0.4, 0.5) is 5.69 Å². The fourth-order valence-electron chi connectivity index (χ4n) is 1.14. The van der Waals surface area contributed by atoms with E-state index in [-0.39, 0.29) is 0 Å². The average Bonchev–Trinajstić information content (AvgIpc) is 2.26. The van der Waals surface area contributed by atoms with Crippen LogP contribution >= 0.6 is 11.6 Å². The van der Waals surface area contributed by atoms with Crippen LogP contribution < -0.4 is 5.73 Å². The summed E-state index contributed by atoms with van der Waals surface area (Å²) in [5.74, 6) is 0.0348. The molecule has 1 aromatic rings. The molecule has 0 heterocycles. The first-order valence-electron chi connectivity index (χ1n) is 4.39. The van der Waals surface area contributed by atoms with Crippen molar-refractivity contribution in [3.63, 3.8) is 0 Å². The van der Waals surface area contributed by atoms with Gasteiger partial charge in [-0.2, -0.15) is 0 Å². The maximum atomic E-state index is 11.2. The van der Waals surface area contributed by atoms with Crippen molar-refractivity contribution >= 4 is 29.3 Å². The Morgan fingerprint density at radius 3 is 2.87 bits per heavy atom. The minimum atomic E-state index is -0.394. The SMILES string of the molecule is COC(=O)c1ccc(C=CCCl)c(N)c1. The Morgan fingerprint density at radius 1 is 1.60 bits per heavy atom. The summed E-state index contributed by atoms with van der Waals surface area (Å²) >= 11 is 5.51. The second-order valence-corrected chi connectivity index (χ2v) is 3.20. The first-order valence-corrected chi connectivity index (χ1v) is 4.93. The average molecular weight is 226 g/mol. The van der Waals surface area contributed by atoms with E-state index in [0.29, 0.717) is 17.1 Å². The molecule has 0 amide bonds. The topological polar surface area (TPSA) is 52.3 Å². The van der Waals surface area contributed by atoms with Gasteiger partial charge in [-0.1, -0.05) is 18.2 Å². The molecule has 2 N–H and O–H groups in total. The van der Waals surface area contributed by atoms with Crippen molar-refractivity contribution in [1.82, 2.24) is 0 Å². The van der Waals surface area contributed by atoms with Crippen molar-refractivity contribution < 1.29 is 9.53 Å². The molecule has 0 bridgehead atoms. The Hall–Kier alpha value is -1.48. The highest BCUT2D eigenvalue weighted by Gasteiger charge is 2.06. The molecule has 0 aliphatic carbocycles. The zero-order valence-electron chi connectivity index (χ0n) is 8.37. The maximum absolute atomic E-state index is 11.2. The molecule has 0 spiro atoms. The summed E-state index contributed by atoms with van der Waals surface area (Å²) in [5, 5.41) is 0. The van der Waals surface area contributed by atoms with Crippen molar-refractivity contribution in [2.24, 2.45) is 0 Å². The molecule has 0 aliphatic rings. The van der Waals surface area contributed by atoms with Gasteiger partial charge in [-0.05, 0) is 17.7 Å². The number of nitrogens with two attached hydrogens (primary N) is 1. The number of allylic oxidation sites excluding steroid dienone is 1. The number of benzene rings is 1. The van der Waals surface area contributed by atoms with E-state index >= 15 is 0 Å². The number of anilines is 1. The van der Waals surface area contributed by atoms with Gasteiger partial charge < -0.3 is 10.5 Å². The van der Waals surface area contributed by atoms with E-state index in [2.05, 4.69) is 4.74 Å². The Balaban J connectivity index is 2.98. The standard InChI is InChI=1S/C11H12ClNO2/c1-15-11(14)9-5-4-8(3-2-6-12)10(13)7-9/h2-5,7H,6,13H2,1H3. The van der Waals surface area contributed by atoms with E-state index in [1.807, 2.05) is 6.08 Å². The van der Waals surface area contributed by atoms with Crippen LogP contribution in [0.5, 0.6) is 0 Å². The van der Waals surface area contributed by atoms with Crippen LogP contribution in [-0.2, 0) is 4.74 Å². The first-order chi connectivity index (χ1) is 7.19. The maximum Gasteiger partial charge on any atom is 0.337 e. The van der Waals surface area contributed by atoms with E-state index in [0.717, 1.165) is 5.56 Å². The molecule has 3 nitrogen and oxygen atoms in total. The summed E-state index contributed by atoms with van der Waals surface area (Å²) in [7, 11) is 1.33. The Labute approximate surface area is 93.5 Å². The Bertz CT molecular complexity index is 388. The third-order valence-electron chi connectivity index (χ3n) is 1.89. The molecule has 15 heavy (non-hydrogen) atoms. The summed E-state index contributed by atoms with van der Waals surface area (Å²) in [6, 6.07) is 5.00. The monoisotopic (exact) mass is 225 g/mol. The van der Waals surface area contributed by atoms with E-state index in [1.165, 1.54) is 7.11 Å². The Kier molecular flexibility index (Phi) is 4.18. The molecule has 0 radical (unpaired) electrons. The van der Waals surface area contributed by atoms with Crippen molar-refractivity contribution in [2.75, 3.05) is 18.7 Å². The summed E-state index contributed by atoms with van der Waals surface area (Å²) < 4.78 is 4.58. The minimum Gasteiger partial charge on any atom is -0.465 e. The molecular weight excluding hydrogens is 214 g/mol. The van der Waals surface area contributed by atoms with Crippen LogP contribution in [0.1, 0.15) is 15.9 Å². The number of esters is 1. The highest BCUT2D eigenvalue weighted by molar-refractivity contribution is 6.19. The largest absolute Gasteiger partial charge is 0.465 e. The van der Waals surface area contributed by atoms with Crippen molar-refractivity contribution in [3.05, 3.63) is 35.4 Å². The van der Waals surface area contributed by atoms with Gasteiger partial charge in [0.2, 0.25) is 0 Å². The molecule has 0 unspecified atom stereocenters. The quantitative estimate of drug-likeness (QED) is 0.488. The smallest absolute Gasteiger partial charge is 0.337 e. The highest BCUT2D eigenvalue weighted by atomic mass is 35.5. The molecule has 0 aliphatic heterocycles. The zero-order chi connectivity index (χ0) is 11.3. The van der Waals surface area contributed by atoms with Crippen molar-refractivity contribution in [3.8, 4) is 0 Å². The number of alkyl halides is 1. The molecule has 0 fully saturated rings. The van der Waals surface area contributed by atoms with Crippen molar-refractivity contribution in [1.29, 1.82) is 0 Å². The van der Waals surface area contributed by atoms with Gasteiger partial charge in [-0.15, -0.1) is 11.6 Å². The number of nitrogen functional groups attached to an aromatic ring is 1. The van der Waals surface area contributed by atoms with Crippen LogP contribution in [-0.4, -0.2) is 19.0 Å². The third kappa shape index (κ3) is 2.99. The van der Waals surface area contributed by atoms with E-state index in [1.54, 1.807) is 24.3 Å². The normalized spacial score (nSPS) is 10.5. The van der Waals surface area contributed by atoms with Crippen LogP contribution in [0.2, 0.25) is 0 Å². The van der Waals surface area contributed by atoms with Crippen LogP contribution in [0, 0.1) is 0 Å². The lowest BCUT2D eigenvalue weighted by Gasteiger charge is -2.03. The fraction of sp³-hybridized carbons (Fsp3) is 0.182. The van der Waals surface area contributed by atoms with Gasteiger partial charge in [-0.3, -0.25) is 0 Å².